The van der Waals surface area contributed by atoms with E-state index in [0.717, 1.165) is 19.3 Å². The molecule has 0 aliphatic heterocycles. The summed E-state index contributed by atoms with van der Waals surface area (Å²) in [5.41, 5.74) is 5.43. The van der Waals surface area contributed by atoms with Crippen molar-refractivity contribution in [2.45, 2.75) is 32.6 Å². The van der Waals surface area contributed by atoms with E-state index in [-0.39, 0.29) is 11.8 Å². The molecule has 0 heterocycles. The summed E-state index contributed by atoms with van der Waals surface area (Å²) in [6.45, 7) is 3.00. The van der Waals surface area contributed by atoms with Crippen LogP contribution in [0.4, 0.5) is 0 Å². The van der Waals surface area contributed by atoms with Gasteiger partial charge in [-0.3, -0.25) is 4.79 Å². The predicted octanol–water partition coefficient (Wildman–Crippen LogP) is 0.781. The smallest absolute Gasteiger partial charge is 0.224 e. The third-order valence-electron chi connectivity index (χ3n) is 2.16. The average molecular weight is 197 g/mol. The summed E-state index contributed by atoms with van der Waals surface area (Å²) in [6, 6.07) is 2.07. The van der Waals surface area contributed by atoms with Gasteiger partial charge >= 0.3 is 0 Å². The summed E-state index contributed by atoms with van der Waals surface area (Å²) >= 11 is 0. The molecular weight excluding hydrogens is 178 g/mol. The average Bonchev–Trinajstić information content (AvgIpc) is 2.19. The Kier molecular flexibility index (Phi) is 7.86. The van der Waals surface area contributed by atoms with Crippen LogP contribution in [0, 0.1) is 17.2 Å². The number of carbonyl (C=O) groups is 1. The maximum Gasteiger partial charge on any atom is 0.224 e. The van der Waals surface area contributed by atoms with E-state index >= 15 is 0 Å². The van der Waals surface area contributed by atoms with Crippen LogP contribution >= 0.6 is 0 Å². The minimum atomic E-state index is -0.0639. The monoisotopic (exact) mass is 197 g/mol. The highest BCUT2D eigenvalue weighted by Gasteiger charge is 2.12. The Morgan fingerprint density at radius 2 is 2.29 bits per heavy atom. The van der Waals surface area contributed by atoms with Crippen molar-refractivity contribution < 1.29 is 4.79 Å². The number of nitrogens with two attached hydrogens (primary N) is 1. The van der Waals surface area contributed by atoms with Crippen molar-refractivity contribution in [1.82, 2.24) is 5.32 Å². The Balaban J connectivity index is 3.48. The first kappa shape index (κ1) is 12.9. The van der Waals surface area contributed by atoms with Crippen LogP contribution in [0.3, 0.4) is 0 Å². The molecule has 0 aromatic rings. The van der Waals surface area contributed by atoms with Crippen LogP contribution in [0.1, 0.15) is 32.6 Å². The van der Waals surface area contributed by atoms with E-state index in [0.29, 0.717) is 19.5 Å². The van der Waals surface area contributed by atoms with E-state index in [9.17, 15) is 4.79 Å². The van der Waals surface area contributed by atoms with Crippen LogP contribution in [0.5, 0.6) is 0 Å². The van der Waals surface area contributed by atoms with Crippen molar-refractivity contribution in [3.8, 4) is 6.07 Å². The van der Waals surface area contributed by atoms with Gasteiger partial charge in [-0.2, -0.15) is 5.26 Å². The summed E-state index contributed by atoms with van der Waals surface area (Å²) < 4.78 is 0. The molecule has 14 heavy (non-hydrogen) atoms. The highest BCUT2D eigenvalue weighted by molar-refractivity contribution is 5.78. The molecular formula is C10H19N3O. The van der Waals surface area contributed by atoms with Gasteiger partial charge in [0.2, 0.25) is 5.91 Å². The fraction of sp³-hybridized carbons (Fsp3) is 0.800. The molecule has 3 N–H and O–H groups in total. The Morgan fingerprint density at radius 3 is 2.79 bits per heavy atom. The highest BCUT2D eigenvalue weighted by Crippen LogP contribution is 1.99. The molecule has 0 fully saturated rings. The molecule has 1 amide bonds. The summed E-state index contributed by atoms with van der Waals surface area (Å²) in [5, 5.41) is 11.1. The van der Waals surface area contributed by atoms with E-state index in [1.807, 2.05) is 6.92 Å². The van der Waals surface area contributed by atoms with Crippen molar-refractivity contribution in [2.75, 3.05) is 13.1 Å². The number of hydrogen-bond donors (Lipinski definition) is 2. The Hall–Kier alpha value is -1.08. The number of hydrogen-bond acceptors (Lipinski definition) is 3. The van der Waals surface area contributed by atoms with Gasteiger partial charge in [-0.25, -0.2) is 0 Å². The quantitative estimate of drug-likeness (QED) is 0.592. The molecule has 0 bridgehead atoms. The van der Waals surface area contributed by atoms with Gasteiger partial charge < -0.3 is 11.1 Å². The molecule has 4 nitrogen and oxygen atoms in total. The summed E-state index contributed by atoms with van der Waals surface area (Å²) in [5.74, 6) is -0.0297. The van der Waals surface area contributed by atoms with Crippen molar-refractivity contribution in [3.63, 3.8) is 0 Å². The second-order valence-electron chi connectivity index (χ2n) is 3.25. The molecule has 0 radical (unpaired) electrons. The Morgan fingerprint density at radius 1 is 1.57 bits per heavy atom. The molecule has 0 saturated heterocycles. The lowest BCUT2D eigenvalue weighted by molar-refractivity contribution is -0.124. The second-order valence-corrected chi connectivity index (χ2v) is 3.25. The van der Waals surface area contributed by atoms with Crippen LogP contribution < -0.4 is 11.1 Å². The van der Waals surface area contributed by atoms with Crippen LogP contribution in [-0.4, -0.2) is 19.0 Å². The molecule has 0 aromatic heterocycles. The number of rotatable bonds is 7. The van der Waals surface area contributed by atoms with E-state index in [2.05, 4.69) is 11.4 Å². The van der Waals surface area contributed by atoms with Crippen molar-refractivity contribution in [1.29, 1.82) is 5.26 Å². The highest BCUT2D eigenvalue weighted by atomic mass is 16.1. The molecule has 4 heteroatoms. The zero-order valence-corrected chi connectivity index (χ0v) is 8.75. The molecule has 0 rings (SSSR count). The summed E-state index contributed by atoms with van der Waals surface area (Å²) in [4.78, 5) is 11.4. The van der Waals surface area contributed by atoms with Gasteiger partial charge in [-0.05, 0) is 19.3 Å². The normalized spacial score (nSPS) is 11.8. The first-order chi connectivity index (χ1) is 6.76. The standard InChI is InChI=1S/C10H19N3O/c1-2-9(8-12)10(14)13-7-5-3-4-6-11/h9H,2-5,7-8,12H2,1H3,(H,13,14). The van der Waals surface area contributed by atoms with Gasteiger partial charge in [0.25, 0.3) is 0 Å². The van der Waals surface area contributed by atoms with Gasteiger partial charge in [-0.1, -0.05) is 6.92 Å². The molecule has 1 unspecified atom stereocenters. The van der Waals surface area contributed by atoms with Crippen LogP contribution in [-0.2, 0) is 4.79 Å². The zero-order valence-electron chi connectivity index (χ0n) is 8.75. The van der Waals surface area contributed by atoms with Crippen LogP contribution in [0.15, 0.2) is 0 Å². The lowest BCUT2D eigenvalue weighted by Crippen LogP contribution is -2.35. The van der Waals surface area contributed by atoms with Gasteiger partial charge in [0.15, 0.2) is 0 Å². The van der Waals surface area contributed by atoms with E-state index in [4.69, 9.17) is 11.0 Å². The minimum absolute atomic E-state index is 0.0342. The molecule has 1 atom stereocenters. The SMILES string of the molecule is CCC(CN)C(=O)NCCCCC#N. The van der Waals surface area contributed by atoms with E-state index < -0.39 is 0 Å². The molecule has 0 spiro atoms. The number of unbranched alkanes of at least 4 members (excludes halogenated alkanes) is 2. The molecule has 80 valence electrons. The summed E-state index contributed by atoms with van der Waals surface area (Å²) in [6.07, 6.45) is 3.04. The molecule has 0 saturated carbocycles. The van der Waals surface area contributed by atoms with Crippen LogP contribution in [0.2, 0.25) is 0 Å². The van der Waals surface area contributed by atoms with Gasteiger partial charge in [0, 0.05) is 25.4 Å². The Bertz CT molecular complexity index is 194. The number of amides is 1. The van der Waals surface area contributed by atoms with E-state index in [1.54, 1.807) is 0 Å². The third-order valence-corrected chi connectivity index (χ3v) is 2.16. The number of carbonyl (C=O) groups excluding carboxylic acids is 1. The Labute approximate surface area is 85.5 Å². The number of nitrogens with one attached hydrogen (secondary N) is 1. The number of nitriles is 1. The van der Waals surface area contributed by atoms with Gasteiger partial charge in [-0.15, -0.1) is 0 Å². The summed E-state index contributed by atoms with van der Waals surface area (Å²) in [7, 11) is 0. The fourth-order valence-corrected chi connectivity index (χ4v) is 1.14. The third kappa shape index (κ3) is 5.55. The van der Waals surface area contributed by atoms with Crippen molar-refractivity contribution in [3.05, 3.63) is 0 Å². The maximum absolute atomic E-state index is 11.4. The lowest BCUT2D eigenvalue weighted by atomic mass is 10.1. The minimum Gasteiger partial charge on any atom is -0.356 e. The topological polar surface area (TPSA) is 78.9 Å². The van der Waals surface area contributed by atoms with Gasteiger partial charge in [0.1, 0.15) is 0 Å². The first-order valence-electron chi connectivity index (χ1n) is 5.11. The van der Waals surface area contributed by atoms with Gasteiger partial charge in [0.05, 0.1) is 6.07 Å². The van der Waals surface area contributed by atoms with E-state index in [1.165, 1.54) is 0 Å². The largest absolute Gasteiger partial charge is 0.356 e. The lowest BCUT2D eigenvalue weighted by Gasteiger charge is -2.11. The molecule has 0 aromatic carbocycles. The molecule has 0 aliphatic rings. The predicted molar refractivity (Wildman–Crippen MR) is 55.3 cm³/mol. The van der Waals surface area contributed by atoms with Crippen LogP contribution in [0.25, 0.3) is 0 Å². The first-order valence-corrected chi connectivity index (χ1v) is 5.11. The van der Waals surface area contributed by atoms with Crippen molar-refractivity contribution >= 4 is 5.91 Å². The zero-order chi connectivity index (χ0) is 10.8. The second kappa shape index (κ2) is 8.52. The number of nitrogens with zero attached hydrogens (tertiary/aromatic N) is 1. The maximum atomic E-state index is 11.4. The fourth-order valence-electron chi connectivity index (χ4n) is 1.14. The molecule has 0 aliphatic carbocycles. The van der Waals surface area contributed by atoms with Crippen molar-refractivity contribution in [2.24, 2.45) is 11.7 Å².